The summed E-state index contributed by atoms with van der Waals surface area (Å²) in [7, 11) is 0. The number of anilines is 2. The molecule has 0 bridgehead atoms. The van der Waals surface area contributed by atoms with Crippen molar-refractivity contribution in [1.82, 2.24) is 30.4 Å². The van der Waals surface area contributed by atoms with Crippen molar-refractivity contribution >= 4 is 41.1 Å². The molecule has 3 amide bonds. The molecule has 0 saturated carbocycles. The number of benzene rings is 2. The molecule has 0 unspecified atom stereocenters. The number of unbranched alkanes of at least 4 members (excludes halogenated alkanes) is 3. The second-order valence-corrected chi connectivity index (χ2v) is 14.8. The molecule has 0 aliphatic carbocycles. The molecular weight excluding hydrogens is 772 g/mol. The Morgan fingerprint density at radius 3 is 2.17 bits per heavy atom. The molecule has 12 N–H and O–H groups in total. The first kappa shape index (κ1) is 47.8. The van der Waals surface area contributed by atoms with E-state index in [9.17, 15) is 39.9 Å². The largest absolute Gasteiger partial charge is 0.465 e. The molecule has 58 heavy (non-hydrogen) atoms. The molecule has 2 aromatic carbocycles. The number of nitrogen functional groups attached to an aromatic ring is 2. The number of aliphatic hydroxyl groups excluding tert-OH is 5. The molecular formula is C40H59ClN8O9. The molecule has 0 aliphatic rings. The van der Waals surface area contributed by atoms with Crippen LogP contribution in [0, 0.1) is 12.8 Å². The minimum absolute atomic E-state index is 0.0228. The van der Waals surface area contributed by atoms with Crippen molar-refractivity contribution in [2.75, 3.05) is 63.9 Å². The molecule has 3 rings (SSSR count). The Morgan fingerprint density at radius 1 is 0.828 bits per heavy atom. The monoisotopic (exact) mass is 830 g/mol. The van der Waals surface area contributed by atoms with Crippen LogP contribution in [-0.2, 0) is 12.8 Å². The standard InChI is InChI=1S/C40H59ClN8O9/c1-3-4-5-8-17-48(23-30(51)33(53)34(54)31(52)24-50)19-16-44-38(55)28-13-11-26(12-14-28)15-18-49(40(57)58)22-27(20-29-10-7-6-9-25(29)2)21-45-39(56)32-36(42)47-37(43)35(41)46-32/h6-7,9-14,27,30-31,33-34,50-54H,3-5,8,15-24H2,1-2H3,(H,44,55)(H,45,56)(H,57,58)(H4,42,43,47)/t27-,30-,31+,33+,34+/m0/s1. The van der Waals surface area contributed by atoms with Crippen molar-refractivity contribution < 1.29 is 45.0 Å². The maximum atomic E-state index is 13.0. The van der Waals surface area contributed by atoms with E-state index in [1.54, 1.807) is 24.3 Å². The zero-order valence-electron chi connectivity index (χ0n) is 33.1. The van der Waals surface area contributed by atoms with Gasteiger partial charge in [0.1, 0.15) is 18.3 Å². The molecule has 1 heterocycles. The van der Waals surface area contributed by atoms with Crippen molar-refractivity contribution in [3.8, 4) is 0 Å². The molecule has 17 nitrogen and oxygen atoms in total. The lowest BCUT2D eigenvalue weighted by Crippen LogP contribution is -2.50. The maximum Gasteiger partial charge on any atom is 0.407 e. The number of halogens is 1. The molecule has 0 aliphatic heterocycles. The molecule has 320 valence electrons. The van der Waals surface area contributed by atoms with Gasteiger partial charge in [-0.05, 0) is 67.5 Å². The Kier molecular flexibility index (Phi) is 20.0. The normalized spacial score (nSPS) is 14.0. The topological polar surface area (TPSA) is 281 Å². The first-order valence-electron chi connectivity index (χ1n) is 19.5. The second-order valence-electron chi connectivity index (χ2n) is 14.4. The van der Waals surface area contributed by atoms with E-state index in [0.29, 0.717) is 31.5 Å². The molecule has 0 spiro atoms. The minimum Gasteiger partial charge on any atom is -0.465 e. The van der Waals surface area contributed by atoms with Crippen LogP contribution in [0.25, 0.3) is 0 Å². The molecule has 0 radical (unpaired) electrons. The quantitative estimate of drug-likeness (QED) is 0.0542. The molecule has 0 fully saturated rings. The number of nitrogens with zero attached hydrogens (tertiary/aromatic N) is 4. The number of amides is 3. The maximum absolute atomic E-state index is 13.0. The molecule has 5 atom stereocenters. The van der Waals surface area contributed by atoms with E-state index in [0.717, 1.165) is 42.4 Å². The number of hydrogen-bond acceptors (Lipinski definition) is 13. The van der Waals surface area contributed by atoms with Crippen LogP contribution in [0.5, 0.6) is 0 Å². The van der Waals surface area contributed by atoms with Gasteiger partial charge in [-0.25, -0.2) is 14.8 Å². The summed E-state index contributed by atoms with van der Waals surface area (Å²) in [5.74, 6) is -1.59. The zero-order valence-corrected chi connectivity index (χ0v) is 33.9. The van der Waals surface area contributed by atoms with Crippen LogP contribution in [-0.4, -0.2) is 145 Å². The van der Waals surface area contributed by atoms with E-state index in [-0.39, 0.29) is 67.0 Å². The summed E-state index contributed by atoms with van der Waals surface area (Å²) < 4.78 is 0. The highest BCUT2D eigenvalue weighted by Crippen LogP contribution is 2.19. The van der Waals surface area contributed by atoms with Gasteiger partial charge < -0.3 is 57.6 Å². The van der Waals surface area contributed by atoms with Crippen LogP contribution in [0.15, 0.2) is 48.5 Å². The van der Waals surface area contributed by atoms with E-state index in [2.05, 4.69) is 27.5 Å². The van der Waals surface area contributed by atoms with Gasteiger partial charge in [-0.1, -0.05) is 74.2 Å². The third-order valence-corrected chi connectivity index (χ3v) is 10.2. The average Bonchev–Trinajstić information content (AvgIpc) is 3.20. The number of carboxylic acid groups (broad SMARTS) is 1. The van der Waals surface area contributed by atoms with Crippen LogP contribution in [0.2, 0.25) is 5.15 Å². The fourth-order valence-corrected chi connectivity index (χ4v) is 6.49. The number of aliphatic hydroxyl groups is 5. The van der Waals surface area contributed by atoms with Gasteiger partial charge in [0.25, 0.3) is 11.8 Å². The number of aromatic nitrogens is 2. The van der Waals surface area contributed by atoms with Crippen LogP contribution in [0.4, 0.5) is 16.4 Å². The SMILES string of the molecule is CCCCCCN(CCNC(=O)c1ccc(CCN(C[C@H](CNC(=O)c2nc(Cl)c(N)nc2N)Cc2ccccc2C)C(=O)O)cc1)C[C@H](O)[C@@H](O)[C@H](O)[C@H](O)CO. The van der Waals surface area contributed by atoms with Crippen molar-refractivity contribution in [2.24, 2.45) is 5.92 Å². The third kappa shape index (κ3) is 15.3. The Hall–Kier alpha value is -4.62. The smallest absolute Gasteiger partial charge is 0.407 e. The van der Waals surface area contributed by atoms with Gasteiger partial charge in [0.2, 0.25) is 0 Å². The van der Waals surface area contributed by atoms with Gasteiger partial charge >= 0.3 is 6.09 Å². The van der Waals surface area contributed by atoms with Crippen molar-refractivity contribution in [1.29, 1.82) is 0 Å². The summed E-state index contributed by atoms with van der Waals surface area (Å²) >= 11 is 5.96. The lowest BCUT2D eigenvalue weighted by Gasteiger charge is -2.30. The van der Waals surface area contributed by atoms with E-state index in [1.165, 1.54) is 4.90 Å². The van der Waals surface area contributed by atoms with Gasteiger partial charge in [-0.3, -0.25) is 14.5 Å². The Bertz CT molecular complexity index is 1760. The highest BCUT2D eigenvalue weighted by molar-refractivity contribution is 6.31. The van der Waals surface area contributed by atoms with E-state index < -0.39 is 43.0 Å². The number of rotatable bonds is 25. The van der Waals surface area contributed by atoms with Crippen LogP contribution in [0.3, 0.4) is 0 Å². The van der Waals surface area contributed by atoms with Gasteiger partial charge in [-0.15, -0.1) is 0 Å². The van der Waals surface area contributed by atoms with Crippen molar-refractivity contribution in [3.05, 3.63) is 81.6 Å². The highest BCUT2D eigenvalue weighted by Gasteiger charge is 2.31. The zero-order chi connectivity index (χ0) is 42.8. The Morgan fingerprint density at radius 2 is 1.52 bits per heavy atom. The fourth-order valence-electron chi connectivity index (χ4n) is 6.37. The summed E-state index contributed by atoms with van der Waals surface area (Å²) in [5, 5.41) is 65.3. The van der Waals surface area contributed by atoms with E-state index >= 15 is 0 Å². The molecule has 18 heteroatoms. The predicted octanol–water partition coefficient (Wildman–Crippen LogP) is 1.46. The molecule has 3 aromatic rings. The Labute approximate surface area is 344 Å². The average molecular weight is 831 g/mol. The summed E-state index contributed by atoms with van der Waals surface area (Å²) in [6.07, 6.45) is -2.86. The number of hydrogen-bond donors (Lipinski definition) is 10. The van der Waals surface area contributed by atoms with Crippen molar-refractivity contribution in [3.63, 3.8) is 0 Å². The molecule has 0 saturated heterocycles. The Balaban J connectivity index is 1.60. The number of nitrogens with one attached hydrogen (secondary N) is 2. The van der Waals surface area contributed by atoms with Crippen molar-refractivity contribution in [2.45, 2.75) is 76.8 Å². The number of carbonyl (C=O) groups excluding carboxylic acids is 2. The minimum atomic E-state index is -1.73. The predicted molar refractivity (Wildman–Crippen MR) is 220 cm³/mol. The first-order valence-corrected chi connectivity index (χ1v) is 19.8. The van der Waals surface area contributed by atoms with E-state index in [1.807, 2.05) is 36.1 Å². The van der Waals surface area contributed by atoms with Gasteiger partial charge in [0.15, 0.2) is 22.5 Å². The molecule has 1 aromatic heterocycles. The number of aryl methyl sites for hydroxylation is 1. The third-order valence-electron chi connectivity index (χ3n) is 9.89. The number of nitrogens with two attached hydrogens (primary N) is 2. The number of carbonyl (C=O) groups is 3. The van der Waals surface area contributed by atoms with Crippen LogP contribution in [0.1, 0.15) is 70.1 Å². The second kappa shape index (κ2) is 24.3. The summed E-state index contributed by atoms with van der Waals surface area (Å²) in [4.78, 5) is 49.5. The lowest BCUT2D eigenvalue weighted by atomic mass is 9.95. The fraction of sp³-hybridized carbons (Fsp3) is 0.525. The van der Waals surface area contributed by atoms with Gasteiger partial charge in [-0.2, -0.15) is 0 Å². The summed E-state index contributed by atoms with van der Waals surface area (Å²) in [6.45, 7) is 4.75. The lowest BCUT2D eigenvalue weighted by molar-refractivity contribution is -0.119. The van der Waals surface area contributed by atoms with Gasteiger partial charge in [0.05, 0.1) is 12.7 Å². The summed E-state index contributed by atoms with van der Waals surface area (Å²) in [6, 6.07) is 14.5. The van der Waals surface area contributed by atoms with E-state index in [4.69, 9.17) is 28.2 Å². The highest BCUT2D eigenvalue weighted by atomic mass is 35.5. The van der Waals surface area contributed by atoms with Crippen LogP contribution >= 0.6 is 11.6 Å². The van der Waals surface area contributed by atoms with Crippen LogP contribution < -0.4 is 22.1 Å². The summed E-state index contributed by atoms with van der Waals surface area (Å²) in [5.41, 5.74) is 14.5. The first-order chi connectivity index (χ1) is 27.6. The van der Waals surface area contributed by atoms with Gasteiger partial charge in [0, 0.05) is 44.8 Å².